The lowest BCUT2D eigenvalue weighted by molar-refractivity contribution is 0.269. The summed E-state index contributed by atoms with van der Waals surface area (Å²) in [6, 6.07) is 10.5. The summed E-state index contributed by atoms with van der Waals surface area (Å²) in [4.78, 5) is 9.15. The molecule has 0 amide bonds. The minimum Gasteiger partial charge on any atom is -0.365 e. The van der Waals surface area contributed by atoms with Gasteiger partial charge in [-0.15, -0.1) is 0 Å². The van der Waals surface area contributed by atoms with Gasteiger partial charge >= 0.3 is 0 Å². The van der Waals surface area contributed by atoms with Gasteiger partial charge in [0, 0.05) is 35.6 Å². The van der Waals surface area contributed by atoms with E-state index in [4.69, 9.17) is 23.8 Å². The molecule has 1 aromatic carbocycles. The fourth-order valence-corrected chi connectivity index (χ4v) is 5.39. The number of thiocarbonyl (C=S) groups is 1. The molecule has 2 aliphatic heterocycles. The van der Waals surface area contributed by atoms with Crippen LogP contribution in [0.1, 0.15) is 63.5 Å². The van der Waals surface area contributed by atoms with Crippen LogP contribution in [0.2, 0.25) is 5.02 Å². The van der Waals surface area contributed by atoms with Crippen LogP contribution in [0, 0.1) is 0 Å². The van der Waals surface area contributed by atoms with Crippen LogP contribution in [-0.2, 0) is 0 Å². The van der Waals surface area contributed by atoms with E-state index in [1.165, 1.54) is 11.1 Å². The summed E-state index contributed by atoms with van der Waals surface area (Å²) in [6.45, 7) is 10.9. The van der Waals surface area contributed by atoms with Crippen LogP contribution in [-0.4, -0.2) is 33.6 Å². The zero-order valence-electron chi connectivity index (χ0n) is 18.4. The van der Waals surface area contributed by atoms with Crippen molar-refractivity contribution >= 4 is 40.2 Å². The van der Waals surface area contributed by atoms with Crippen LogP contribution < -0.4 is 10.2 Å². The maximum absolute atomic E-state index is 6.95. The number of pyridine rings is 1. The van der Waals surface area contributed by atoms with E-state index in [1.54, 1.807) is 0 Å². The zero-order valence-corrected chi connectivity index (χ0v) is 20.0. The third kappa shape index (κ3) is 3.38. The highest BCUT2D eigenvalue weighted by Gasteiger charge is 2.42. The Bertz CT molecular complexity index is 1020. The van der Waals surface area contributed by atoms with Gasteiger partial charge in [0.25, 0.3) is 0 Å². The topological polar surface area (TPSA) is 31.4 Å². The molecule has 0 saturated carbocycles. The van der Waals surface area contributed by atoms with Gasteiger partial charge in [0.15, 0.2) is 5.11 Å². The lowest BCUT2D eigenvalue weighted by atomic mass is 9.86. The molecule has 3 heterocycles. The number of likely N-dealkylation sites (N-methyl/N-ethyl adjacent to an activating group) is 1. The monoisotopic (exact) mass is 440 g/mol. The van der Waals surface area contributed by atoms with E-state index >= 15 is 0 Å². The van der Waals surface area contributed by atoms with E-state index < -0.39 is 0 Å². The van der Waals surface area contributed by atoms with Crippen LogP contribution in [0.4, 0.5) is 5.69 Å². The van der Waals surface area contributed by atoms with Crippen molar-refractivity contribution in [3.63, 3.8) is 0 Å². The van der Waals surface area contributed by atoms with E-state index in [2.05, 4.69) is 80.0 Å². The summed E-state index contributed by atoms with van der Waals surface area (Å²) in [5.41, 5.74) is 5.63. The van der Waals surface area contributed by atoms with Crippen LogP contribution in [0.25, 0.3) is 5.57 Å². The number of allylic oxidation sites excluding steroid dienone is 1. The molecule has 2 aromatic rings. The van der Waals surface area contributed by atoms with Gasteiger partial charge in [-0.25, -0.2) is 0 Å². The first-order chi connectivity index (χ1) is 14.1. The Morgan fingerprint density at radius 1 is 1.23 bits per heavy atom. The molecular weight excluding hydrogens is 412 g/mol. The largest absolute Gasteiger partial charge is 0.365 e. The lowest BCUT2D eigenvalue weighted by Crippen LogP contribution is -2.42. The predicted molar refractivity (Wildman–Crippen MR) is 130 cm³/mol. The van der Waals surface area contributed by atoms with E-state index in [0.29, 0.717) is 0 Å². The summed E-state index contributed by atoms with van der Waals surface area (Å²) in [7, 11) is 2.13. The summed E-state index contributed by atoms with van der Waals surface area (Å²) in [6.07, 6.45) is 4.15. The maximum atomic E-state index is 6.95. The van der Waals surface area contributed by atoms with Crippen molar-refractivity contribution < 1.29 is 0 Å². The van der Waals surface area contributed by atoms with Gasteiger partial charge in [0.05, 0.1) is 23.3 Å². The molecule has 4 rings (SSSR count). The number of nitrogens with one attached hydrogen (secondary N) is 1. The molecule has 1 N–H and O–H groups in total. The molecule has 0 bridgehead atoms. The first kappa shape index (κ1) is 21.1. The molecule has 0 radical (unpaired) electrons. The van der Waals surface area contributed by atoms with Crippen molar-refractivity contribution in [2.24, 2.45) is 0 Å². The Morgan fingerprint density at radius 2 is 1.97 bits per heavy atom. The van der Waals surface area contributed by atoms with E-state index in [9.17, 15) is 0 Å². The molecule has 0 aliphatic carbocycles. The van der Waals surface area contributed by atoms with Crippen molar-refractivity contribution in [2.75, 3.05) is 11.9 Å². The second-order valence-corrected chi connectivity index (χ2v) is 9.85. The molecule has 1 aromatic heterocycles. The van der Waals surface area contributed by atoms with Crippen molar-refractivity contribution in [3.05, 3.63) is 64.4 Å². The predicted octanol–water partition coefficient (Wildman–Crippen LogP) is 5.75. The Hall–Kier alpha value is -2.11. The van der Waals surface area contributed by atoms with Gasteiger partial charge in [-0.05, 0) is 82.2 Å². The Labute approximate surface area is 189 Å². The number of rotatable bonds is 3. The highest BCUT2D eigenvalue weighted by atomic mass is 35.5. The number of hydrogen-bond acceptors (Lipinski definition) is 3. The van der Waals surface area contributed by atoms with Gasteiger partial charge in [-0.3, -0.25) is 4.98 Å². The van der Waals surface area contributed by atoms with E-state index in [-0.39, 0.29) is 23.7 Å². The van der Waals surface area contributed by atoms with Crippen molar-refractivity contribution in [1.29, 1.82) is 0 Å². The Morgan fingerprint density at radius 3 is 2.60 bits per heavy atom. The molecule has 6 heteroatoms. The van der Waals surface area contributed by atoms with Gasteiger partial charge in [0.2, 0.25) is 0 Å². The fourth-order valence-electron chi connectivity index (χ4n) is 4.67. The number of anilines is 1. The maximum Gasteiger partial charge on any atom is 0.170 e. The van der Waals surface area contributed by atoms with Crippen LogP contribution in [0.3, 0.4) is 0 Å². The summed E-state index contributed by atoms with van der Waals surface area (Å²) < 4.78 is 0. The van der Waals surface area contributed by atoms with Crippen molar-refractivity contribution in [3.8, 4) is 0 Å². The molecule has 2 aliphatic rings. The SMILES string of the molecule is CC1=CC(C)(C)N(C)c2cc(Cl)c([C@H]3[C@@H](c4ccccn4)NC(=S)N3C(C)C)cc21. The normalized spacial score (nSPS) is 22.8. The van der Waals surface area contributed by atoms with Gasteiger partial charge in [-0.1, -0.05) is 23.7 Å². The quantitative estimate of drug-likeness (QED) is 0.614. The Balaban J connectivity index is 1.88. The second kappa shape index (κ2) is 7.54. The first-order valence-corrected chi connectivity index (χ1v) is 11.2. The summed E-state index contributed by atoms with van der Waals surface area (Å²) in [5.74, 6) is 0. The molecule has 0 spiro atoms. The number of hydrogen-bond donors (Lipinski definition) is 1. The number of fused-ring (bicyclic) bond motifs is 1. The highest BCUT2D eigenvalue weighted by Crippen LogP contribution is 2.47. The average Bonchev–Trinajstić information content (AvgIpc) is 3.03. The van der Waals surface area contributed by atoms with Crippen LogP contribution >= 0.6 is 23.8 Å². The molecule has 1 fully saturated rings. The molecule has 1 saturated heterocycles. The van der Waals surface area contributed by atoms with Crippen molar-refractivity contribution in [1.82, 2.24) is 15.2 Å². The van der Waals surface area contributed by atoms with Crippen LogP contribution in [0.5, 0.6) is 0 Å². The van der Waals surface area contributed by atoms with E-state index in [0.717, 1.165) is 27.1 Å². The zero-order chi connectivity index (χ0) is 21.8. The molecular formula is C24H29ClN4S. The number of halogens is 1. The smallest absolute Gasteiger partial charge is 0.170 e. The number of nitrogens with zero attached hydrogens (tertiary/aromatic N) is 3. The highest BCUT2D eigenvalue weighted by molar-refractivity contribution is 7.80. The summed E-state index contributed by atoms with van der Waals surface area (Å²) >= 11 is 12.7. The molecule has 30 heavy (non-hydrogen) atoms. The van der Waals surface area contributed by atoms with Gasteiger partial charge in [0.1, 0.15) is 0 Å². The second-order valence-electron chi connectivity index (χ2n) is 9.06. The number of aromatic nitrogens is 1. The van der Waals surface area contributed by atoms with Crippen LogP contribution in [0.15, 0.2) is 42.6 Å². The molecule has 0 unspecified atom stereocenters. The minimum atomic E-state index is -0.0568. The first-order valence-electron chi connectivity index (χ1n) is 10.4. The van der Waals surface area contributed by atoms with Gasteiger partial charge < -0.3 is 15.1 Å². The molecule has 4 nitrogen and oxygen atoms in total. The van der Waals surface area contributed by atoms with E-state index in [1.807, 2.05) is 24.4 Å². The standard InChI is InChI=1S/C24H29ClN4S/c1-14(2)29-22(21(27-23(29)30)19-9-7-8-10-26-19)17-11-16-15(3)13-24(4,5)28(6)20(16)12-18(17)25/h7-14,21-22H,1-6H3,(H,27,30)/t21-,22+/m1/s1. The summed E-state index contributed by atoms with van der Waals surface area (Å²) in [5, 5.41) is 5.00. The van der Waals surface area contributed by atoms with Crippen molar-refractivity contribution in [2.45, 2.75) is 58.3 Å². The van der Waals surface area contributed by atoms with Gasteiger partial charge in [-0.2, -0.15) is 0 Å². The molecule has 2 atom stereocenters. The minimum absolute atomic E-state index is 0.0294. The average molecular weight is 441 g/mol. The fraction of sp³-hybridized carbons (Fsp3) is 0.417. The third-order valence-corrected chi connectivity index (χ3v) is 7.00. The third-order valence-electron chi connectivity index (χ3n) is 6.35. The lowest BCUT2D eigenvalue weighted by Gasteiger charge is -2.41. The number of benzene rings is 1. The molecule has 158 valence electrons. The Kier molecular flexibility index (Phi) is 5.31.